The third-order valence-corrected chi connectivity index (χ3v) is 3.87. The molecule has 1 saturated carbocycles. The molecule has 0 spiro atoms. The van der Waals surface area contributed by atoms with Crippen LogP contribution in [0, 0.1) is 11.3 Å². The molecule has 0 heterocycles. The lowest BCUT2D eigenvalue weighted by molar-refractivity contribution is 0.410. The van der Waals surface area contributed by atoms with Gasteiger partial charge in [0.2, 0.25) is 0 Å². The Morgan fingerprint density at radius 1 is 1.44 bits per heavy atom. The molecule has 0 bridgehead atoms. The van der Waals surface area contributed by atoms with E-state index in [-0.39, 0.29) is 5.41 Å². The first-order valence-electron chi connectivity index (χ1n) is 5.59. The average Bonchev–Trinajstić information content (AvgIpc) is 2.81. The van der Waals surface area contributed by atoms with Gasteiger partial charge in [-0.15, -0.1) is 0 Å². The molecule has 0 amide bonds. The molecule has 1 aromatic rings. The molecule has 3 heteroatoms. The van der Waals surface area contributed by atoms with Gasteiger partial charge in [0.15, 0.2) is 0 Å². The lowest BCUT2D eigenvalue weighted by Crippen LogP contribution is -2.05. The van der Waals surface area contributed by atoms with Crippen molar-refractivity contribution in [2.75, 3.05) is 13.7 Å². The number of ether oxygens (including phenoxy) is 1. The van der Waals surface area contributed by atoms with Gasteiger partial charge in [0.05, 0.1) is 7.11 Å². The summed E-state index contributed by atoms with van der Waals surface area (Å²) in [6.07, 6.45) is 0. The van der Waals surface area contributed by atoms with Crippen LogP contribution in [0.4, 0.5) is 0 Å². The van der Waals surface area contributed by atoms with Crippen LogP contribution in [0.15, 0.2) is 18.2 Å². The molecule has 3 N–H and O–H groups in total. The van der Waals surface area contributed by atoms with E-state index in [0.29, 0.717) is 24.1 Å². The van der Waals surface area contributed by atoms with E-state index in [1.165, 1.54) is 0 Å². The summed E-state index contributed by atoms with van der Waals surface area (Å²) in [5.41, 5.74) is 6.88. The van der Waals surface area contributed by atoms with Crippen molar-refractivity contribution in [3.8, 4) is 11.5 Å². The van der Waals surface area contributed by atoms with E-state index in [4.69, 9.17) is 10.5 Å². The largest absolute Gasteiger partial charge is 0.508 e. The highest BCUT2D eigenvalue weighted by Gasteiger charge is 2.58. The molecule has 2 unspecified atom stereocenters. The fraction of sp³-hybridized carbons (Fsp3) is 0.538. The Kier molecular flexibility index (Phi) is 2.58. The number of benzene rings is 1. The molecular weight excluding hydrogens is 202 g/mol. The number of nitrogens with two attached hydrogens (primary N) is 1. The Morgan fingerprint density at radius 2 is 2.12 bits per heavy atom. The van der Waals surface area contributed by atoms with Crippen LogP contribution in [0.2, 0.25) is 0 Å². The lowest BCUT2D eigenvalue weighted by Gasteiger charge is -2.08. The Balaban J connectivity index is 2.35. The smallest absolute Gasteiger partial charge is 0.119 e. The zero-order valence-electron chi connectivity index (χ0n) is 10.0. The summed E-state index contributed by atoms with van der Waals surface area (Å²) in [7, 11) is 1.63. The summed E-state index contributed by atoms with van der Waals surface area (Å²) >= 11 is 0. The predicted molar refractivity (Wildman–Crippen MR) is 63.7 cm³/mol. The number of hydrogen-bond donors (Lipinski definition) is 2. The highest BCUT2D eigenvalue weighted by molar-refractivity contribution is 5.46. The first-order chi connectivity index (χ1) is 7.52. The van der Waals surface area contributed by atoms with Crippen molar-refractivity contribution in [2.24, 2.45) is 17.1 Å². The van der Waals surface area contributed by atoms with Crippen molar-refractivity contribution in [1.82, 2.24) is 0 Å². The summed E-state index contributed by atoms with van der Waals surface area (Å²) < 4.78 is 5.18. The molecule has 1 aliphatic carbocycles. The summed E-state index contributed by atoms with van der Waals surface area (Å²) in [5.74, 6) is 1.92. The van der Waals surface area contributed by atoms with E-state index < -0.39 is 0 Å². The molecule has 0 saturated heterocycles. The number of phenolic OH excluding ortho intramolecular Hbond substituents is 1. The lowest BCUT2D eigenvalue weighted by atomic mass is 10.0. The first kappa shape index (κ1) is 11.3. The maximum absolute atomic E-state index is 9.89. The Morgan fingerprint density at radius 3 is 2.62 bits per heavy atom. The number of aromatic hydroxyl groups is 1. The van der Waals surface area contributed by atoms with Crippen LogP contribution < -0.4 is 10.5 Å². The molecule has 1 fully saturated rings. The van der Waals surface area contributed by atoms with Crippen LogP contribution in [0.1, 0.15) is 25.3 Å². The van der Waals surface area contributed by atoms with Gasteiger partial charge in [-0.1, -0.05) is 13.8 Å². The molecule has 1 aliphatic rings. The van der Waals surface area contributed by atoms with E-state index in [1.54, 1.807) is 19.2 Å². The molecular formula is C13H19NO2. The minimum absolute atomic E-state index is 0.179. The molecule has 2 rings (SSSR count). The summed E-state index contributed by atoms with van der Waals surface area (Å²) in [6, 6.07) is 5.37. The zero-order valence-corrected chi connectivity index (χ0v) is 10.0. The molecule has 0 radical (unpaired) electrons. The van der Waals surface area contributed by atoms with Gasteiger partial charge < -0.3 is 15.6 Å². The third kappa shape index (κ3) is 1.55. The molecule has 2 atom stereocenters. The highest BCUT2D eigenvalue weighted by atomic mass is 16.5. The molecule has 3 nitrogen and oxygen atoms in total. The molecule has 0 aliphatic heterocycles. The Labute approximate surface area is 96.2 Å². The van der Waals surface area contributed by atoms with Crippen LogP contribution >= 0.6 is 0 Å². The zero-order chi connectivity index (χ0) is 11.9. The fourth-order valence-electron chi connectivity index (χ4n) is 2.71. The topological polar surface area (TPSA) is 55.5 Å². The standard InChI is InChI=1S/C13H19NO2/c1-13(2)10(7-14)12(13)9-6-8(16-3)4-5-11(9)15/h4-6,10,12,15H,7,14H2,1-3H3. The van der Waals surface area contributed by atoms with Gasteiger partial charge >= 0.3 is 0 Å². The third-order valence-electron chi connectivity index (χ3n) is 3.87. The number of phenols is 1. The van der Waals surface area contributed by atoms with Crippen molar-refractivity contribution < 1.29 is 9.84 Å². The monoisotopic (exact) mass is 221 g/mol. The van der Waals surface area contributed by atoms with Crippen molar-refractivity contribution in [1.29, 1.82) is 0 Å². The van der Waals surface area contributed by atoms with E-state index >= 15 is 0 Å². The second-order valence-corrected chi connectivity index (χ2v) is 5.07. The van der Waals surface area contributed by atoms with Gasteiger partial charge in [-0.2, -0.15) is 0 Å². The molecule has 88 valence electrons. The molecule has 16 heavy (non-hydrogen) atoms. The van der Waals surface area contributed by atoms with E-state index in [1.807, 2.05) is 6.07 Å². The Hall–Kier alpha value is -1.22. The van der Waals surface area contributed by atoms with Gasteiger partial charge in [-0.05, 0) is 42.0 Å². The minimum Gasteiger partial charge on any atom is -0.508 e. The second kappa shape index (κ2) is 3.67. The van der Waals surface area contributed by atoms with Crippen LogP contribution in [0.5, 0.6) is 11.5 Å². The highest BCUT2D eigenvalue weighted by Crippen LogP contribution is 2.65. The van der Waals surface area contributed by atoms with Crippen molar-refractivity contribution in [3.63, 3.8) is 0 Å². The first-order valence-corrected chi connectivity index (χ1v) is 5.59. The van der Waals surface area contributed by atoms with Crippen LogP contribution in [0.3, 0.4) is 0 Å². The quantitative estimate of drug-likeness (QED) is 0.821. The average molecular weight is 221 g/mol. The normalized spacial score (nSPS) is 26.5. The summed E-state index contributed by atoms with van der Waals surface area (Å²) in [4.78, 5) is 0. The van der Waals surface area contributed by atoms with Crippen LogP contribution in [-0.4, -0.2) is 18.8 Å². The van der Waals surface area contributed by atoms with E-state index in [0.717, 1.165) is 11.3 Å². The fourth-order valence-corrected chi connectivity index (χ4v) is 2.71. The number of rotatable bonds is 3. The predicted octanol–water partition coefficient (Wildman–Crippen LogP) is 2.10. The molecule has 1 aromatic carbocycles. The maximum atomic E-state index is 9.89. The summed E-state index contributed by atoms with van der Waals surface area (Å²) in [5, 5.41) is 9.89. The maximum Gasteiger partial charge on any atom is 0.119 e. The number of methoxy groups -OCH3 is 1. The minimum atomic E-state index is 0.179. The van der Waals surface area contributed by atoms with Crippen LogP contribution in [0.25, 0.3) is 0 Å². The summed E-state index contributed by atoms with van der Waals surface area (Å²) in [6.45, 7) is 5.04. The van der Waals surface area contributed by atoms with E-state index in [9.17, 15) is 5.11 Å². The van der Waals surface area contributed by atoms with Gasteiger partial charge in [0.1, 0.15) is 11.5 Å². The van der Waals surface area contributed by atoms with Crippen molar-refractivity contribution in [2.45, 2.75) is 19.8 Å². The van der Waals surface area contributed by atoms with Gasteiger partial charge in [0.25, 0.3) is 0 Å². The van der Waals surface area contributed by atoms with Gasteiger partial charge in [0, 0.05) is 5.56 Å². The van der Waals surface area contributed by atoms with Crippen molar-refractivity contribution in [3.05, 3.63) is 23.8 Å². The van der Waals surface area contributed by atoms with Crippen LogP contribution in [-0.2, 0) is 0 Å². The van der Waals surface area contributed by atoms with E-state index in [2.05, 4.69) is 13.8 Å². The van der Waals surface area contributed by atoms with Gasteiger partial charge in [-0.25, -0.2) is 0 Å². The second-order valence-electron chi connectivity index (χ2n) is 5.07. The number of hydrogen-bond acceptors (Lipinski definition) is 3. The Bertz CT molecular complexity index is 401. The molecule has 0 aromatic heterocycles. The van der Waals surface area contributed by atoms with Crippen molar-refractivity contribution >= 4 is 0 Å². The SMILES string of the molecule is COc1ccc(O)c(C2C(CN)C2(C)C)c1. The van der Waals surface area contributed by atoms with Gasteiger partial charge in [-0.3, -0.25) is 0 Å².